The zero-order valence-electron chi connectivity index (χ0n) is 15.2. The number of nitrogens with zero attached hydrogens (tertiary/aromatic N) is 1. The van der Waals surface area contributed by atoms with Crippen LogP contribution in [-0.2, 0) is 11.2 Å². The van der Waals surface area contributed by atoms with Crippen molar-refractivity contribution in [3.63, 3.8) is 0 Å². The third kappa shape index (κ3) is 8.52. The molecule has 1 amide bonds. The van der Waals surface area contributed by atoms with Gasteiger partial charge in [-0.05, 0) is 24.1 Å². The van der Waals surface area contributed by atoms with Gasteiger partial charge in [-0.25, -0.2) is 4.79 Å². The Labute approximate surface area is 164 Å². The van der Waals surface area contributed by atoms with Gasteiger partial charge in [0.15, 0.2) is 0 Å². The number of hydrogen-bond acceptors (Lipinski definition) is 4. The van der Waals surface area contributed by atoms with E-state index in [-0.39, 0.29) is 18.1 Å². The zero-order valence-corrected chi connectivity index (χ0v) is 15.9. The predicted octanol–water partition coefficient (Wildman–Crippen LogP) is -0.705. The number of hydrogen-bond donors (Lipinski definition) is 2. The second-order valence-corrected chi connectivity index (χ2v) is 6.11. The van der Waals surface area contributed by atoms with Crippen molar-refractivity contribution >= 4 is 17.5 Å². The summed E-state index contributed by atoms with van der Waals surface area (Å²) in [5.41, 5.74) is 1.77. The maximum Gasteiger partial charge on any atom is 0.411 e. The summed E-state index contributed by atoms with van der Waals surface area (Å²) in [6, 6.07) is 16.0. The van der Waals surface area contributed by atoms with Crippen LogP contribution in [0, 0.1) is 10.1 Å². The highest BCUT2D eigenvalue weighted by molar-refractivity contribution is 5.84. The lowest BCUT2D eigenvalue weighted by atomic mass is 10.1. The highest BCUT2D eigenvalue weighted by atomic mass is 35.5. The normalized spacial score (nSPS) is 11.1. The second-order valence-electron chi connectivity index (χ2n) is 6.11. The number of ether oxygens (including phenoxy) is 1. The van der Waals surface area contributed by atoms with Crippen LogP contribution in [0.15, 0.2) is 54.6 Å². The molecule has 0 heterocycles. The molecule has 0 saturated heterocycles. The Kier molecular flexibility index (Phi) is 9.85. The summed E-state index contributed by atoms with van der Waals surface area (Å²) >= 11 is 0. The minimum atomic E-state index is -0.559. The van der Waals surface area contributed by atoms with Gasteiger partial charge in [0, 0.05) is 24.2 Å². The van der Waals surface area contributed by atoms with E-state index in [1.807, 2.05) is 18.2 Å². The molecule has 0 aliphatic carbocycles. The first-order chi connectivity index (χ1) is 12.5. The lowest BCUT2D eigenvalue weighted by molar-refractivity contribution is -0.880. The number of nitro benzene ring substituents is 1. The first-order valence-corrected chi connectivity index (χ1v) is 8.58. The van der Waals surface area contributed by atoms with E-state index in [4.69, 9.17) is 4.74 Å². The van der Waals surface area contributed by atoms with E-state index < -0.39 is 11.0 Å². The van der Waals surface area contributed by atoms with Gasteiger partial charge in [-0.2, -0.15) is 0 Å². The summed E-state index contributed by atoms with van der Waals surface area (Å²) in [4.78, 5) is 23.1. The van der Waals surface area contributed by atoms with E-state index in [1.165, 1.54) is 34.7 Å². The van der Waals surface area contributed by atoms with Crippen molar-refractivity contribution in [1.29, 1.82) is 0 Å². The Morgan fingerprint density at radius 3 is 2.41 bits per heavy atom. The van der Waals surface area contributed by atoms with E-state index in [1.54, 1.807) is 0 Å². The van der Waals surface area contributed by atoms with Crippen molar-refractivity contribution in [3.8, 4) is 0 Å². The first-order valence-electron chi connectivity index (χ1n) is 8.58. The van der Waals surface area contributed by atoms with Crippen molar-refractivity contribution < 1.29 is 31.8 Å². The number of benzene rings is 2. The van der Waals surface area contributed by atoms with Crippen molar-refractivity contribution in [2.45, 2.75) is 12.8 Å². The number of nitro groups is 1. The molecule has 2 aromatic rings. The zero-order chi connectivity index (χ0) is 18.8. The van der Waals surface area contributed by atoms with E-state index in [2.05, 4.69) is 24.5 Å². The fourth-order valence-electron chi connectivity index (χ4n) is 2.50. The Morgan fingerprint density at radius 2 is 1.78 bits per heavy atom. The third-order valence-corrected chi connectivity index (χ3v) is 4.00. The van der Waals surface area contributed by atoms with Gasteiger partial charge >= 0.3 is 6.09 Å². The summed E-state index contributed by atoms with van der Waals surface area (Å²) in [5, 5.41) is 13.1. The highest BCUT2D eigenvalue weighted by Crippen LogP contribution is 2.15. The molecule has 0 spiro atoms. The molecule has 1 atom stereocenters. The van der Waals surface area contributed by atoms with Crippen LogP contribution in [0.5, 0.6) is 0 Å². The fourth-order valence-corrected chi connectivity index (χ4v) is 2.50. The molecule has 0 fully saturated rings. The number of nitrogens with one attached hydrogen (secondary N) is 2. The van der Waals surface area contributed by atoms with Gasteiger partial charge in [-0.15, -0.1) is 0 Å². The van der Waals surface area contributed by atoms with Gasteiger partial charge in [0.1, 0.15) is 13.2 Å². The van der Waals surface area contributed by atoms with Crippen LogP contribution in [0.4, 0.5) is 16.2 Å². The molecule has 0 radical (unpaired) electrons. The molecule has 0 saturated carbocycles. The number of non-ortho nitro benzene ring substituents is 1. The molecule has 0 aliphatic rings. The number of halogens is 1. The lowest BCUT2D eigenvalue weighted by Crippen LogP contribution is -3.09. The first kappa shape index (κ1) is 22.4. The number of anilines is 1. The van der Waals surface area contributed by atoms with Crippen molar-refractivity contribution in [3.05, 3.63) is 70.3 Å². The van der Waals surface area contributed by atoms with Gasteiger partial charge < -0.3 is 22.0 Å². The fraction of sp³-hybridized carbons (Fsp3) is 0.316. The number of aryl methyl sites for hydroxylation is 1. The molecule has 0 aromatic heterocycles. The Hall–Kier alpha value is -2.64. The van der Waals surface area contributed by atoms with Crippen molar-refractivity contribution in [2.75, 3.05) is 32.1 Å². The van der Waals surface area contributed by atoms with E-state index in [0.29, 0.717) is 12.3 Å². The van der Waals surface area contributed by atoms with Crippen molar-refractivity contribution in [1.82, 2.24) is 0 Å². The number of amides is 1. The second kappa shape index (κ2) is 11.9. The average molecular weight is 394 g/mol. The van der Waals surface area contributed by atoms with Crippen LogP contribution in [0.25, 0.3) is 0 Å². The van der Waals surface area contributed by atoms with Crippen LogP contribution in [0.3, 0.4) is 0 Å². The van der Waals surface area contributed by atoms with Gasteiger partial charge in [0.2, 0.25) is 0 Å². The van der Waals surface area contributed by atoms with Gasteiger partial charge in [-0.3, -0.25) is 15.4 Å². The Morgan fingerprint density at radius 1 is 1.11 bits per heavy atom. The van der Waals surface area contributed by atoms with Crippen LogP contribution in [-0.4, -0.2) is 37.8 Å². The SMILES string of the molecule is C[NH+](CCCc1ccccc1)CCOC(=O)Nc1ccc([N+](=O)[O-])cc1.[Cl-]. The maximum absolute atomic E-state index is 11.7. The molecule has 1 unspecified atom stereocenters. The average Bonchev–Trinajstić information content (AvgIpc) is 2.63. The molecule has 7 nitrogen and oxygen atoms in total. The van der Waals surface area contributed by atoms with Crippen LogP contribution >= 0.6 is 0 Å². The van der Waals surface area contributed by atoms with Gasteiger partial charge in [-0.1, -0.05) is 30.3 Å². The van der Waals surface area contributed by atoms with Gasteiger partial charge in [0.05, 0.1) is 18.5 Å². The summed E-state index contributed by atoms with van der Waals surface area (Å²) in [7, 11) is 2.07. The largest absolute Gasteiger partial charge is 1.00 e. The van der Waals surface area contributed by atoms with Crippen LogP contribution in [0.2, 0.25) is 0 Å². The molecule has 146 valence electrons. The summed E-state index contributed by atoms with van der Waals surface area (Å²) in [6.07, 6.45) is 1.56. The molecule has 2 rings (SSSR count). The molecule has 0 bridgehead atoms. The minimum Gasteiger partial charge on any atom is -1.00 e. The number of rotatable bonds is 9. The monoisotopic (exact) mass is 393 g/mol. The molecule has 27 heavy (non-hydrogen) atoms. The molecule has 8 heteroatoms. The molecule has 0 aliphatic heterocycles. The van der Waals surface area contributed by atoms with Gasteiger partial charge in [0.25, 0.3) is 5.69 Å². The molecule has 2 N–H and O–H groups in total. The van der Waals surface area contributed by atoms with Crippen LogP contribution < -0.4 is 22.6 Å². The smallest absolute Gasteiger partial charge is 0.411 e. The highest BCUT2D eigenvalue weighted by Gasteiger charge is 2.08. The van der Waals surface area contributed by atoms with E-state index >= 15 is 0 Å². The van der Waals surface area contributed by atoms with E-state index in [0.717, 1.165) is 25.9 Å². The minimum absolute atomic E-state index is 0. The van der Waals surface area contributed by atoms with E-state index in [9.17, 15) is 14.9 Å². The number of carbonyl (C=O) groups is 1. The number of quaternary nitrogens is 1. The topological polar surface area (TPSA) is 85.9 Å². The molecular formula is C19H24ClN3O4. The van der Waals surface area contributed by atoms with Crippen molar-refractivity contribution in [2.24, 2.45) is 0 Å². The standard InChI is InChI=1S/C19H23N3O4.ClH/c1-21(13-5-8-16-6-3-2-4-7-16)14-15-26-19(23)20-17-9-11-18(12-10-17)22(24)25;/h2-4,6-7,9-12H,5,8,13-15H2,1H3,(H,20,23);1H. The lowest BCUT2D eigenvalue weighted by Gasteiger charge is -2.14. The molecular weight excluding hydrogens is 370 g/mol. The maximum atomic E-state index is 11.7. The summed E-state index contributed by atoms with van der Waals surface area (Å²) < 4.78 is 5.15. The van der Waals surface area contributed by atoms with Crippen LogP contribution in [0.1, 0.15) is 12.0 Å². The number of likely N-dealkylation sites (N-methyl/N-ethyl adjacent to an activating group) is 1. The summed E-state index contributed by atoms with van der Waals surface area (Å²) in [6.45, 7) is 2.04. The Balaban J connectivity index is 0.00000364. The Bertz CT molecular complexity index is 711. The third-order valence-electron chi connectivity index (χ3n) is 4.00. The predicted molar refractivity (Wildman–Crippen MR) is 99.5 cm³/mol. The quantitative estimate of drug-likeness (QED) is 0.435. The number of carbonyl (C=O) groups excluding carboxylic acids is 1. The summed E-state index contributed by atoms with van der Waals surface area (Å²) in [5.74, 6) is 0. The molecule has 2 aromatic carbocycles.